The van der Waals surface area contributed by atoms with Gasteiger partial charge in [0.15, 0.2) is 0 Å². The highest BCUT2D eigenvalue weighted by atomic mass is 35.5. The van der Waals surface area contributed by atoms with Crippen molar-refractivity contribution < 1.29 is 4.74 Å². The molecule has 0 saturated carbocycles. The highest BCUT2D eigenvalue weighted by Gasteiger charge is 2.25. The normalized spacial score (nSPS) is 23.2. The molecule has 2 aromatic rings. The third-order valence-electron chi connectivity index (χ3n) is 3.41. The van der Waals surface area contributed by atoms with E-state index in [1.54, 1.807) is 0 Å². The lowest BCUT2D eigenvalue weighted by atomic mass is 10.0. The molecule has 3 heteroatoms. The zero-order chi connectivity index (χ0) is 13.1. The molecule has 1 saturated heterocycles. The predicted octanol–water partition coefficient (Wildman–Crippen LogP) is 3.74. The molecule has 1 fully saturated rings. The molecule has 2 nitrogen and oxygen atoms in total. The number of rotatable bonds is 2. The van der Waals surface area contributed by atoms with Gasteiger partial charge >= 0.3 is 0 Å². The fourth-order valence-corrected chi connectivity index (χ4v) is 2.68. The van der Waals surface area contributed by atoms with Crippen LogP contribution >= 0.6 is 11.6 Å². The average molecular weight is 274 g/mol. The molecule has 0 amide bonds. The fourth-order valence-electron chi connectivity index (χ4n) is 2.42. The predicted molar refractivity (Wildman–Crippen MR) is 77.3 cm³/mol. The fraction of sp³-hybridized carbons (Fsp3) is 0.250. The summed E-state index contributed by atoms with van der Waals surface area (Å²) in [6.07, 6.45) is 0.0869. The van der Waals surface area contributed by atoms with E-state index in [1.807, 2.05) is 42.5 Å². The standard InChI is InChI=1S/C16H16ClNO/c17-14-9-5-4-8-13(14)16-11-18-10-15(19-16)12-6-2-1-3-7-12/h1-9,15-16,18H,10-11H2. The highest BCUT2D eigenvalue weighted by molar-refractivity contribution is 6.31. The molecule has 2 aromatic carbocycles. The molecule has 2 atom stereocenters. The minimum atomic E-state index is 0.00709. The number of nitrogens with one attached hydrogen (secondary N) is 1. The SMILES string of the molecule is Clc1ccccc1C1CNCC(c2ccccc2)O1. The van der Waals surface area contributed by atoms with E-state index in [0.717, 1.165) is 23.7 Å². The first-order chi connectivity index (χ1) is 9.34. The molecule has 0 aromatic heterocycles. The minimum Gasteiger partial charge on any atom is -0.363 e. The van der Waals surface area contributed by atoms with Crippen LogP contribution in [-0.2, 0) is 4.74 Å². The van der Waals surface area contributed by atoms with Crippen molar-refractivity contribution >= 4 is 11.6 Å². The third-order valence-corrected chi connectivity index (χ3v) is 3.76. The quantitative estimate of drug-likeness (QED) is 0.900. The minimum absolute atomic E-state index is 0.00709. The average Bonchev–Trinajstić information content (AvgIpc) is 2.49. The maximum absolute atomic E-state index is 6.24. The summed E-state index contributed by atoms with van der Waals surface area (Å²) in [5.41, 5.74) is 2.25. The molecule has 1 aliphatic heterocycles. The largest absolute Gasteiger partial charge is 0.363 e. The van der Waals surface area contributed by atoms with Crippen LogP contribution in [0.25, 0.3) is 0 Å². The second-order valence-corrected chi connectivity index (χ2v) is 5.11. The second-order valence-electron chi connectivity index (χ2n) is 4.70. The first-order valence-corrected chi connectivity index (χ1v) is 6.88. The van der Waals surface area contributed by atoms with Gasteiger partial charge in [-0.3, -0.25) is 0 Å². The van der Waals surface area contributed by atoms with E-state index in [2.05, 4.69) is 17.4 Å². The van der Waals surface area contributed by atoms with E-state index in [4.69, 9.17) is 16.3 Å². The zero-order valence-corrected chi connectivity index (χ0v) is 11.3. The first kappa shape index (κ1) is 12.7. The Morgan fingerprint density at radius 3 is 2.37 bits per heavy atom. The molecular formula is C16H16ClNO. The van der Waals surface area contributed by atoms with Crippen LogP contribution in [0.15, 0.2) is 54.6 Å². The lowest BCUT2D eigenvalue weighted by Gasteiger charge is -2.31. The zero-order valence-electron chi connectivity index (χ0n) is 10.6. The van der Waals surface area contributed by atoms with Gasteiger partial charge in [0.05, 0.1) is 12.2 Å². The number of morpholine rings is 1. The van der Waals surface area contributed by atoms with Crippen LogP contribution in [0.3, 0.4) is 0 Å². The van der Waals surface area contributed by atoms with Crippen molar-refractivity contribution in [3.8, 4) is 0 Å². The van der Waals surface area contributed by atoms with Gasteiger partial charge in [0.25, 0.3) is 0 Å². The summed E-state index contributed by atoms with van der Waals surface area (Å²) >= 11 is 6.24. The van der Waals surface area contributed by atoms with Gasteiger partial charge in [0.1, 0.15) is 0 Å². The van der Waals surface area contributed by atoms with Crippen molar-refractivity contribution in [1.29, 1.82) is 0 Å². The van der Waals surface area contributed by atoms with Gasteiger partial charge in [-0.05, 0) is 11.6 Å². The highest BCUT2D eigenvalue weighted by Crippen LogP contribution is 2.32. The van der Waals surface area contributed by atoms with Gasteiger partial charge in [0, 0.05) is 23.7 Å². The van der Waals surface area contributed by atoms with Gasteiger partial charge in [-0.25, -0.2) is 0 Å². The van der Waals surface area contributed by atoms with Crippen molar-refractivity contribution in [2.45, 2.75) is 12.2 Å². The topological polar surface area (TPSA) is 21.3 Å². The van der Waals surface area contributed by atoms with Gasteiger partial charge < -0.3 is 10.1 Å². The van der Waals surface area contributed by atoms with Crippen LogP contribution < -0.4 is 5.32 Å². The summed E-state index contributed by atoms with van der Waals surface area (Å²) in [5.74, 6) is 0. The van der Waals surface area contributed by atoms with Crippen LogP contribution in [0, 0.1) is 0 Å². The lowest BCUT2D eigenvalue weighted by Crippen LogP contribution is -2.36. The monoisotopic (exact) mass is 273 g/mol. The van der Waals surface area contributed by atoms with Crippen LogP contribution in [0.5, 0.6) is 0 Å². The lowest BCUT2D eigenvalue weighted by molar-refractivity contribution is -0.0405. The number of hydrogen-bond acceptors (Lipinski definition) is 2. The Kier molecular flexibility index (Phi) is 3.83. The van der Waals surface area contributed by atoms with E-state index in [-0.39, 0.29) is 12.2 Å². The molecular weight excluding hydrogens is 258 g/mol. The van der Waals surface area contributed by atoms with Gasteiger partial charge in [-0.1, -0.05) is 60.1 Å². The summed E-state index contributed by atoms with van der Waals surface area (Å²) < 4.78 is 6.19. The van der Waals surface area contributed by atoms with Crippen molar-refractivity contribution in [2.24, 2.45) is 0 Å². The van der Waals surface area contributed by atoms with E-state index in [9.17, 15) is 0 Å². The molecule has 0 bridgehead atoms. The van der Waals surface area contributed by atoms with E-state index >= 15 is 0 Å². The number of ether oxygens (including phenoxy) is 1. The summed E-state index contributed by atoms with van der Waals surface area (Å²) in [6, 6.07) is 18.2. The van der Waals surface area contributed by atoms with Gasteiger partial charge in [-0.2, -0.15) is 0 Å². The second kappa shape index (κ2) is 5.74. The van der Waals surface area contributed by atoms with Crippen LogP contribution in [0.1, 0.15) is 23.3 Å². The molecule has 0 aliphatic carbocycles. The summed E-state index contributed by atoms with van der Waals surface area (Å²) in [6.45, 7) is 1.64. The number of benzene rings is 2. The van der Waals surface area contributed by atoms with Gasteiger partial charge in [-0.15, -0.1) is 0 Å². The van der Waals surface area contributed by atoms with Crippen molar-refractivity contribution in [2.75, 3.05) is 13.1 Å². The Bertz CT molecular complexity index is 543. The maximum atomic E-state index is 6.24. The maximum Gasteiger partial charge on any atom is 0.0972 e. The number of halogens is 1. The Labute approximate surface area is 118 Å². The Morgan fingerprint density at radius 2 is 1.58 bits per heavy atom. The van der Waals surface area contributed by atoms with Crippen LogP contribution in [0.4, 0.5) is 0 Å². The molecule has 19 heavy (non-hydrogen) atoms. The first-order valence-electron chi connectivity index (χ1n) is 6.50. The molecule has 3 rings (SSSR count). The molecule has 1 aliphatic rings. The molecule has 0 radical (unpaired) electrons. The Balaban J connectivity index is 1.81. The molecule has 1 N–H and O–H groups in total. The Hall–Kier alpha value is -1.35. The van der Waals surface area contributed by atoms with Crippen molar-refractivity contribution in [3.63, 3.8) is 0 Å². The van der Waals surface area contributed by atoms with Crippen molar-refractivity contribution in [3.05, 3.63) is 70.7 Å². The van der Waals surface area contributed by atoms with Crippen molar-refractivity contribution in [1.82, 2.24) is 5.32 Å². The summed E-state index contributed by atoms with van der Waals surface area (Å²) in [5, 5.41) is 4.19. The van der Waals surface area contributed by atoms with Crippen LogP contribution in [-0.4, -0.2) is 13.1 Å². The Morgan fingerprint density at radius 1 is 0.895 bits per heavy atom. The van der Waals surface area contributed by atoms with E-state index in [1.165, 1.54) is 5.56 Å². The van der Waals surface area contributed by atoms with Gasteiger partial charge in [0.2, 0.25) is 0 Å². The van der Waals surface area contributed by atoms with E-state index in [0.29, 0.717) is 0 Å². The van der Waals surface area contributed by atoms with Crippen LogP contribution in [0.2, 0.25) is 5.02 Å². The third kappa shape index (κ3) is 2.81. The summed E-state index contributed by atoms with van der Waals surface area (Å²) in [7, 11) is 0. The number of hydrogen-bond donors (Lipinski definition) is 1. The summed E-state index contributed by atoms with van der Waals surface area (Å²) in [4.78, 5) is 0. The van der Waals surface area contributed by atoms with E-state index < -0.39 is 0 Å². The molecule has 98 valence electrons. The molecule has 0 spiro atoms. The molecule has 1 heterocycles. The molecule has 2 unspecified atom stereocenters. The smallest absolute Gasteiger partial charge is 0.0972 e.